The first-order valence-corrected chi connectivity index (χ1v) is 6.06. The molecule has 0 aliphatic rings. The third-order valence-electron chi connectivity index (χ3n) is 2.18. The van der Waals surface area contributed by atoms with Gasteiger partial charge in [0.2, 0.25) is 0 Å². The van der Waals surface area contributed by atoms with Gasteiger partial charge < -0.3 is 5.32 Å². The van der Waals surface area contributed by atoms with Crippen LogP contribution in [0.3, 0.4) is 0 Å². The van der Waals surface area contributed by atoms with E-state index in [1.165, 1.54) is 4.88 Å². The SMILES string of the molecule is CCCn1nccc1NCc1cccs1. The minimum absolute atomic E-state index is 0.882. The average molecular weight is 221 g/mol. The Hall–Kier alpha value is -1.29. The lowest BCUT2D eigenvalue weighted by molar-refractivity contribution is 0.607. The molecule has 0 aromatic carbocycles. The Bertz CT molecular complexity index is 392. The molecule has 80 valence electrons. The molecule has 0 fully saturated rings. The van der Waals surface area contributed by atoms with Crippen molar-refractivity contribution in [1.82, 2.24) is 9.78 Å². The van der Waals surface area contributed by atoms with E-state index in [1.54, 1.807) is 11.3 Å². The Balaban J connectivity index is 1.95. The smallest absolute Gasteiger partial charge is 0.124 e. The van der Waals surface area contributed by atoms with Crippen molar-refractivity contribution >= 4 is 17.2 Å². The molecule has 0 saturated carbocycles. The third kappa shape index (κ3) is 2.59. The van der Waals surface area contributed by atoms with Gasteiger partial charge in [-0.1, -0.05) is 13.0 Å². The lowest BCUT2D eigenvalue weighted by atomic mass is 10.4. The van der Waals surface area contributed by atoms with E-state index in [1.807, 2.05) is 16.9 Å². The van der Waals surface area contributed by atoms with Crippen LogP contribution >= 0.6 is 11.3 Å². The Kier molecular flexibility index (Phi) is 3.40. The molecule has 3 nitrogen and oxygen atoms in total. The second kappa shape index (κ2) is 4.98. The fraction of sp³-hybridized carbons (Fsp3) is 0.364. The molecule has 0 spiro atoms. The number of aromatic nitrogens is 2. The first kappa shape index (κ1) is 10.2. The summed E-state index contributed by atoms with van der Waals surface area (Å²) < 4.78 is 2.01. The second-order valence-electron chi connectivity index (χ2n) is 3.37. The quantitative estimate of drug-likeness (QED) is 0.841. The van der Waals surface area contributed by atoms with Gasteiger partial charge in [-0.15, -0.1) is 11.3 Å². The van der Waals surface area contributed by atoms with Crippen molar-refractivity contribution < 1.29 is 0 Å². The largest absolute Gasteiger partial charge is 0.365 e. The highest BCUT2D eigenvalue weighted by molar-refractivity contribution is 7.09. The molecule has 1 N–H and O–H groups in total. The van der Waals surface area contributed by atoms with Gasteiger partial charge in [-0.3, -0.25) is 0 Å². The van der Waals surface area contributed by atoms with E-state index in [4.69, 9.17) is 0 Å². The predicted octanol–water partition coefficient (Wildman–Crippen LogP) is 2.97. The Morgan fingerprint density at radius 1 is 1.47 bits per heavy atom. The highest BCUT2D eigenvalue weighted by atomic mass is 32.1. The minimum Gasteiger partial charge on any atom is -0.365 e. The van der Waals surface area contributed by atoms with Gasteiger partial charge in [0, 0.05) is 17.5 Å². The molecule has 2 heterocycles. The lowest BCUT2D eigenvalue weighted by Gasteiger charge is -2.07. The van der Waals surface area contributed by atoms with Crippen molar-refractivity contribution in [2.75, 3.05) is 5.32 Å². The van der Waals surface area contributed by atoms with Crippen molar-refractivity contribution in [2.24, 2.45) is 0 Å². The van der Waals surface area contributed by atoms with Crippen molar-refractivity contribution in [2.45, 2.75) is 26.4 Å². The number of hydrogen-bond donors (Lipinski definition) is 1. The van der Waals surface area contributed by atoms with Gasteiger partial charge in [0.05, 0.1) is 12.7 Å². The average Bonchev–Trinajstić information content (AvgIpc) is 2.85. The van der Waals surface area contributed by atoms with Crippen LogP contribution in [0.25, 0.3) is 0 Å². The molecule has 0 unspecified atom stereocenters. The number of aryl methyl sites for hydroxylation is 1. The van der Waals surface area contributed by atoms with Crippen LogP contribution in [0.1, 0.15) is 18.2 Å². The van der Waals surface area contributed by atoms with Gasteiger partial charge in [-0.25, -0.2) is 4.68 Å². The molecule has 0 aliphatic heterocycles. The number of thiophene rings is 1. The zero-order valence-electron chi connectivity index (χ0n) is 8.81. The zero-order chi connectivity index (χ0) is 10.5. The number of anilines is 1. The summed E-state index contributed by atoms with van der Waals surface area (Å²) in [6.45, 7) is 4.01. The van der Waals surface area contributed by atoms with Crippen LogP contribution in [0, 0.1) is 0 Å². The van der Waals surface area contributed by atoms with E-state index in [2.05, 4.69) is 34.9 Å². The molecule has 0 amide bonds. The van der Waals surface area contributed by atoms with E-state index in [9.17, 15) is 0 Å². The van der Waals surface area contributed by atoms with Crippen molar-refractivity contribution in [3.63, 3.8) is 0 Å². The molecule has 2 rings (SSSR count). The maximum absolute atomic E-state index is 4.26. The molecule has 15 heavy (non-hydrogen) atoms. The van der Waals surface area contributed by atoms with Gasteiger partial charge >= 0.3 is 0 Å². The summed E-state index contributed by atoms with van der Waals surface area (Å²) in [6, 6.07) is 6.23. The molecule has 0 aliphatic carbocycles. The van der Waals surface area contributed by atoms with Crippen LogP contribution < -0.4 is 5.32 Å². The standard InChI is InChI=1S/C11H15N3S/c1-2-7-14-11(5-6-13-14)12-9-10-4-3-8-15-10/h3-6,8,12H,2,7,9H2,1H3. The molecule has 2 aromatic heterocycles. The van der Waals surface area contributed by atoms with Crippen LogP contribution in [0.5, 0.6) is 0 Å². The normalized spacial score (nSPS) is 10.5. The fourth-order valence-electron chi connectivity index (χ4n) is 1.46. The monoisotopic (exact) mass is 221 g/mol. The summed E-state index contributed by atoms with van der Waals surface area (Å²) in [5.74, 6) is 1.10. The van der Waals surface area contributed by atoms with Gasteiger partial charge in [-0.2, -0.15) is 5.10 Å². The maximum Gasteiger partial charge on any atom is 0.124 e. The number of nitrogens with one attached hydrogen (secondary N) is 1. The predicted molar refractivity (Wildman–Crippen MR) is 64.2 cm³/mol. The Labute approximate surface area is 93.7 Å². The van der Waals surface area contributed by atoms with E-state index in [0.717, 1.165) is 25.3 Å². The van der Waals surface area contributed by atoms with Gasteiger partial charge in [0.25, 0.3) is 0 Å². The molecule has 4 heteroatoms. The summed E-state index contributed by atoms with van der Waals surface area (Å²) in [7, 11) is 0. The molecule has 0 atom stereocenters. The molecule has 2 aromatic rings. The highest BCUT2D eigenvalue weighted by Gasteiger charge is 2.00. The van der Waals surface area contributed by atoms with Gasteiger partial charge in [-0.05, 0) is 17.9 Å². The van der Waals surface area contributed by atoms with E-state index in [0.29, 0.717) is 0 Å². The summed E-state index contributed by atoms with van der Waals surface area (Å²) in [5.41, 5.74) is 0. The number of nitrogens with zero attached hydrogens (tertiary/aromatic N) is 2. The lowest BCUT2D eigenvalue weighted by Crippen LogP contribution is -2.07. The molecular weight excluding hydrogens is 206 g/mol. The van der Waals surface area contributed by atoms with E-state index < -0.39 is 0 Å². The first-order valence-electron chi connectivity index (χ1n) is 5.18. The number of hydrogen-bond acceptors (Lipinski definition) is 3. The molecule has 0 bridgehead atoms. The zero-order valence-corrected chi connectivity index (χ0v) is 9.63. The van der Waals surface area contributed by atoms with Crippen molar-refractivity contribution in [3.8, 4) is 0 Å². The Morgan fingerprint density at radius 2 is 2.40 bits per heavy atom. The minimum atomic E-state index is 0.882. The third-order valence-corrected chi connectivity index (χ3v) is 3.05. The second-order valence-corrected chi connectivity index (χ2v) is 4.40. The van der Waals surface area contributed by atoms with Crippen LogP contribution in [0.2, 0.25) is 0 Å². The first-order chi connectivity index (χ1) is 7.40. The summed E-state index contributed by atoms with van der Waals surface area (Å²) >= 11 is 1.77. The summed E-state index contributed by atoms with van der Waals surface area (Å²) in [6.07, 6.45) is 2.95. The Morgan fingerprint density at radius 3 is 3.13 bits per heavy atom. The fourth-order valence-corrected chi connectivity index (χ4v) is 2.11. The molecule has 0 saturated heterocycles. The van der Waals surface area contributed by atoms with Crippen LogP contribution in [0.15, 0.2) is 29.8 Å². The summed E-state index contributed by atoms with van der Waals surface area (Å²) in [4.78, 5) is 1.35. The van der Waals surface area contributed by atoms with Gasteiger partial charge in [0.1, 0.15) is 5.82 Å². The van der Waals surface area contributed by atoms with Crippen LogP contribution in [-0.2, 0) is 13.1 Å². The number of rotatable bonds is 5. The van der Waals surface area contributed by atoms with Crippen LogP contribution in [-0.4, -0.2) is 9.78 Å². The summed E-state index contributed by atoms with van der Waals surface area (Å²) in [5, 5.41) is 9.75. The molecule has 0 radical (unpaired) electrons. The van der Waals surface area contributed by atoms with Crippen molar-refractivity contribution in [3.05, 3.63) is 34.7 Å². The van der Waals surface area contributed by atoms with E-state index in [-0.39, 0.29) is 0 Å². The maximum atomic E-state index is 4.26. The topological polar surface area (TPSA) is 29.9 Å². The van der Waals surface area contributed by atoms with Gasteiger partial charge in [0.15, 0.2) is 0 Å². The van der Waals surface area contributed by atoms with Crippen LogP contribution in [0.4, 0.5) is 5.82 Å². The van der Waals surface area contributed by atoms with Crippen molar-refractivity contribution in [1.29, 1.82) is 0 Å². The molecular formula is C11H15N3S. The highest BCUT2D eigenvalue weighted by Crippen LogP contribution is 2.12. The van der Waals surface area contributed by atoms with E-state index >= 15 is 0 Å².